The second-order valence-corrected chi connectivity index (χ2v) is 5.50. The number of rotatable bonds is 6. The number of nitrogens with zero attached hydrogens (tertiary/aromatic N) is 2. The zero-order valence-electron chi connectivity index (χ0n) is 12.7. The third-order valence-electron chi connectivity index (χ3n) is 3.89. The number of imidazole rings is 1. The summed E-state index contributed by atoms with van der Waals surface area (Å²) >= 11 is 0. The van der Waals surface area contributed by atoms with E-state index in [-0.39, 0.29) is 6.61 Å². The van der Waals surface area contributed by atoms with Crippen LogP contribution in [0.5, 0.6) is 0 Å². The van der Waals surface area contributed by atoms with E-state index in [0.717, 1.165) is 18.3 Å². The SMILES string of the molecule is OCCCn1c(CCc2ccccc2)nc2cc(F)c(F)cc21. The molecule has 0 bridgehead atoms. The minimum absolute atomic E-state index is 0.0431. The van der Waals surface area contributed by atoms with Crippen molar-refractivity contribution < 1.29 is 13.9 Å². The molecular formula is C18H18F2N2O. The van der Waals surface area contributed by atoms with Crippen LogP contribution in [0.1, 0.15) is 17.8 Å². The number of hydrogen-bond acceptors (Lipinski definition) is 2. The number of aliphatic hydroxyl groups excluding tert-OH is 1. The summed E-state index contributed by atoms with van der Waals surface area (Å²) in [6.07, 6.45) is 2.02. The molecule has 0 amide bonds. The first-order valence-corrected chi connectivity index (χ1v) is 7.68. The van der Waals surface area contributed by atoms with Crippen molar-refractivity contribution in [2.75, 3.05) is 6.61 Å². The minimum Gasteiger partial charge on any atom is -0.396 e. The van der Waals surface area contributed by atoms with E-state index in [9.17, 15) is 8.78 Å². The van der Waals surface area contributed by atoms with Crippen molar-refractivity contribution in [1.82, 2.24) is 9.55 Å². The molecule has 1 heterocycles. The Bertz CT molecular complexity index is 800. The Morgan fingerprint density at radius 2 is 1.74 bits per heavy atom. The monoisotopic (exact) mass is 316 g/mol. The topological polar surface area (TPSA) is 38.0 Å². The second kappa shape index (κ2) is 6.87. The van der Waals surface area contributed by atoms with E-state index in [1.165, 1.54) is 11.6 Å². The van der Waals surface area contributed by atoms with Gasteiger partial charge in [0.05, 0.1) is 11.0 Å². The van der Waals surface area contributed by atoms with Gasteiger partial charge in [-0.3, -0.25) is 0 Å². The van der Waals surface area contributed by atoms with Crippen molar-refractivity contribution in [3.05, 3.63) is 65.5 Å². The van der Waals surface area contributed by atoms with Crippen LogP contribution in [0.3, 0.4) is 0 Å². The number of benzene rings is 2. The van der Waals surface area contributed by atoms with Gasteiger partial charge >= 0.3 is 0 Å². The lowest BCUT2D eigenvalue weighted by Gasteiger charge is -2.08. The van der Waals surface area contributed by atoms with Crippen LogP contribution in [0.4, 0.5) is 8.78 Å². The maximum atomic E-state index is 13.5. The molecule has 0 saturated heterocycles. The molecule has 0 radical (unpaired) electrons. The lowest BCUT2D eigenvalue weighted by molar-refractivity contribution is 0.280. The number of aryl methyl sites for hydroxylation is 3. The summed E-state index contributed by atoms with van der Waals surface area (Å²) in [5.41, 5.74) is 2.20. The van der Waals surface area contributed by atoms with Crippen LogP contribution in [0.25, 0.3) is 11.0 Å². The third kappa shape index (κ3) is 3.40. The molecule has 0 fully saturated rings. The van der Waals surface area contributed by atoms with Crippen molar-refractivity contribution >= 4 is 11.0 Å². The van der Waals surface area contributed by atoms with Crippen molar-refractivity contribution in [2.24, 2.45) is 0 Å². The standard InChI is InChI=1S/C18H18F2N2O/c19-14-11-16-17(12-15(14)20)22(9-4-10-23)18(21-16)8-7-13-5-2-1-3-6-13/h1-3,5-6,11-12,23H,4,7-10H2. The van der Waals surface area contributed by atoms with Crippen molar-refractivity contribution in [2.45, 2.75) is 25.8 Å². The number of hydrogen-bond donors (Lipinski definition) is 1. The Kier molecular flexibility index (Phi) is 4.67. The Labute approximate surface area is 133 Å². The predicted molar refractivity (Wildman–Crippen MR) is 85.2 cm³/mol. The molecular weight excluding hydrogens is 298 g/mol. The summed E-state index contributed by atoms with van der Waals surface area (Å²) in [6.45, 7) is 0.573. The Morgan fingerprint density at radius 3 is 2.48 bits per heavy atom. The van der Waals surface area contributed by atoms with Gasteiger partial charge in [0.15, 0.2) is 11.6 Å². The van der Waals surface area contributed by atoms with Gasteiger partial charge in [0, 0.05) is 31.7 Å². The molecule has 0 unspecified atom stereocenters. The maximum absolute atomic E-state index is 13.5. The van der Waals surface area contributed by atoms with Gasteiger partial charge in [-0.15, -0.1) is 0 Å². The molecule has 5 heteroatoms. The van der Waals surface area contributed by atoms with E-state index >= 15 is 0 Å². The lowest BCUT2D eigenvalue weighted by atomic mass is 10.1. The van der Waals surface area contributed by atoms with Gasteiger partial charge in [-0.2, -0.15) is 0 Å². The summed E-state index contributed by atoms with van der Waals surface area (Å²) in [6, 6.07) is 12.3. The summed E-state index contributed by atoms with van der Waals surface area (Å²) in [7, 11) is 0. The van der Waals surface area contributed by atoms with E-state index in [2.05, 4.69) is 4.98 Å². The molecule has 3 aromatic rings. The first-order valence-electron chi connectivity index (χ1n) is 7.68. The molecule has 1 N–H and O–H groups in total. The van der Waals surface area contributed by atoms with Gasteiger partial charge < -0.3 is 9.67 Å². The molecule has 0 spiro atoms. The molecule has 1 aromatic heterocycles. The van der Waals surface area contributed by atoms with Crippen LogP contribution in [0, 0.1) is 11.6 Å². The fraction of sp³-hybridized carbons (Fsp3) is 0.278. The summed E-state index contributed by atoms with van der Waals surface area (Å²) in [5.74, 6) is -0.988. The highest BCUT2D eigenvalue weighted by Crippen LogP contribution is 2.21. The van der Waals surface area contributed by atoms with Crippen LogP contribution >= 0.6 is 0 Å². The normalized spacial score (nSPS) is 11.3. The molecule has 120 valence electrons. The average molecular weight is 316 g/mol. The minimum atomic E-state index is -0.890. The van der Waals surface area contributed by atoms with Gasteiger partial charge in [-0.05, 0) is 18.4 Å². The molecule has 3 nitrogen and oxygen atoms in total. The molecule has 2 aromatic carbocycles. The highest BCUT2D eigenvalue weighted by atomic mass is 19.2. The molecule has 0 aliphatic rings. The lowest BCUT2D eigenvalue weighted by Crippen LogP contribution is -2.07. The molecule has 0 aliphatic carbocycles. The van der Waals surface area contributed by atoms with Gasteiger partial charge in [-0.1, -0.05) is 30.3 Å². The highest BCUT2D eigenvalue weighted by molar-refractivity contribution is 5.76. The average Bonchev–Trinajstić information content (AvgIpc) is 2.89. The number of aliphatic hydroxyl groups is 1. The van der Waals surface area contributed by atoms with Crippen LogP contribution in [0.15, 0.2) is 42.5 Å². The highest BCUT2D eigenvalue weighted by Gasteiger charge is 2.14. The number of fused-ring (bicyclic) bond motifs is 1. The molecule has 0 aliphatic heterocycles. The van der Waals surface area contributed by atoms with Gasteiger partial charge in [0.25, 0.3) is 0 Å². The Balaban J connectivity index is 1.94. The maximum Gasteiger partial charge on any atom is 0.161 e. The van der Waals surface area contributed by atoms with Crippen LogP contribution < -0.4 is 0 Å². The molecule has 23 heavy (non-hydrogen) atoms. The second-order valence-electron chi connectivity index (χ2n) is 5.50. The summed E-state index contributed by atoms with van der Waals surface area (Å²) in [4.78, 5) is 4.46. The Hall–Kier alpha value is -2.27. The first-order chi connectivity index (χ1) is 11.2. The van der Waals surface area contributed by atoms with E-state index in [1.807, 2.05) is 34.9 Å². The molecule has 0 saturated carbocycles. The van der Waals surface area contributed by atoms with Crippen LogP contribution in [-0.2, 0) is 19.4 Å². The Morgan fingerprint density at radius 1 is 1.00 bits per heavy atom. The fourth-order valence-corrected chi connectivity index (χ4v) is 2.74. The van der Waals surface area contributed by atoms with Crippen LogP contribution in [0.2, 0.25) is 0 Å². The van der Waals surface area contributed by atoms with E-state index in [4.69, 9.17) is 5.11 Å². The zero-order valence-corrected chi connectivity index (χ0v) is 12.7. The number of aromatic nitrogens is 2. The third-order valence-corrected chi connectivity index (χ3v) is 3.89. The van der Waals surface area contributed by atoms with E-state index in [0.29, 0.717) is 30.4 Å². The van der Waals surface area contributed by atoms with Crippen molar-refractivity contribution in [3.8, 4) is 0 Å². The summed E-state index contributed by atoms with van der Waals surface area (Å²) in [5, 5.41) is 9.07. The van der Waals surface area contributed by atoms with Gasteiger partial charge in [-0.25, -0.2) is 13.8 Å². The zero-order chi connectivity index (χ0) is 16.2. The van der Waals surface area contributed by atoms with E-state index < -0.39 is 11.6 Å². The summed E-state index contributed by atoms with van der Waals surface area (Å²) < 4.78 is 28.8. The van der Waals surface area contributed by atoms with Crippen LogP contribution in [-0.4, -0.2) is 21.3 Å². The quantitative estimate of drug-likeness (QED) is 0.756. The van der Waals surface area contributed by atoms with Gasteiger partial charge in [0.2, 0.25) is 0 Å². The smallest absolute Gasteiger partial charge is 0.161 e. The fourth-order valence-electron chi connectivity index (χ4n) is 2.74. The predicted octanol–water partition coefficient (Wildman–Crippen LogP) is 3.48. The largest absolute Gasteiger partial charge is 0.396 e. The first kappa shape index (κ1) is 15.6. The molecule has 0 atom stereocenters. The molecule has 3 rings (SSSR count). The van der Waals surface area contributed by atoms with E-state index in [1.54, 1.807) is 0 Å². The van der Waals surface area contributed by atoms with Gasteiger partial charge in [0.1, 0.15) is 5.82 Å². The number of halogens is 2. The van der Waals surface area contributed by atoms with Crippen molar-refractivity contribution in [3.63, 3.8) is 0 Å². The van der Waals surface area contributed by atoms with Crippen molar-refractivity contribution in [1.29, 1.82) is 0 Å².